The molecular formula is C17H17ClFNO3. The quantitative estimate of drug-likeness (QED) is 0.833. The summed E-state index contributed by atoms with van der Waals surface area (Å²) in [6, 6.07) is 9.14. The molecule has 0 aliphatic heterocycles. The van der Waals surface area contributed by atoms with Crippen LogP contribution < -0.4 is 9.47 Å². The van der Waals surface area contributed by atoms with E-state index >= 15 is 0 Å². The number of nitrogens with zero attached hydrogens (tertiary/aromatic N) is 1. The normalized spacial score (nSPS) is 10.3. The summed E-state index contributed by atoms with van der Waals surface area (Å²) in [7, 11) is 4.73. The van der Waals surface area contributed by atoms with E-state index in [2.05, 4.69) is 0 Å². The van der Waals surface area contributed by atoms with Crippen LogP contribution >= 0.6 is 11.6 Å². The first-order valence-electron chi connectivity index (χ1n) is 6.88. The van der Waals surface area contributed by atoms with Crippen molar-refractivity contribution in [3.05, 3.63) is 58.4 Å². The molecule has 0 saturated carbocycles. The van der Waals surface area contributed by atoms with E-state index in [0.29, 0.717) is 18.0 Å². The van der Waals surface area contributed by atoms with Crippen LogP contribution in [0.1, 0.15) is 15.9 Å². The highest BCUT2D eigenvalue weighted by atomic mass is 35.5. The lowest BCUT2D eigenvalue weighted by atomic mass is 10.1. The number of ether oxygens (including phenoxy) is 2. The van der Waals surface area contributed by atoms with Gasteiger partial charge in [0.25, 0.3) is 5.91 Å². The van der Waals surface area contributed by atoms with Gasteiger partial charge in [-0.05, 0) is 24.3 Å². The fourth-order valence-electron chi connectivity index (χ4n) is 2.27. The van der Waals surface area contributed by atoms with Gasteiger partial charge >= 0.3 is 0 Å². The molecule has 0 aliphatic rings. The molecular weight excluding hydrogens is 321 g/mol. The SMILES string of the molecule is COc1cccc(CN(C)C(=O)c2ccc(F)cc2Cl)c1OC. The van der Waals surface area contributed by atoms with Crippen molar-refractivity contribution < 1.29 is 18.7 Å². The number of hydrogen-bond acceptors (Lipinski definition) is 3. The van der Waals surface area contributed by atoms with Crippen LogP contribution in [-0.2, 0) is 6.54 Å². The standard InChI is InChI=1S/C17H17ClFNO3/c1-20(17(21)13-8-7-12(19)9-14(13)18)10-11-5-4-6-15(22-2)16(11)23-3/h4-9H,10H2,1-3H3. The van der Waals surface area contributed by atoms with E-state index in [-0.39, 0.29) is 16.5 Å². The lowest BCUT2D eigenvalue weighted by Crippen LogP contribution is -2.26. The van der Waals surface area contributed by atoms with E-state index < -0.39 is 5.82 Å². The Kier molecular flexibility index (Phi) is 5.45. The van der Waals surface area contributed by atoms with Crippen molar-refractivity contribution in [3.63, 3.8) is 0 Å². The molecule has 0 unspecified atom stereocenters. The highest BCUT2D eigenvalue weighted by molar-refractivity contribution is 6.33. The smallest absolute Gasteiger partial charge is 0.255 e. The molecule has 0 radical (unpaired) electrons. The maximum Gasteiger partial charge on any atom is 0.255 e. The van der Waals surface area contributed by atoms with Gasteiger partial charge in [-0.1, -0.05) is 23.7 Å². The molecule has 122 valence electrons. The van der Waals surface area contributed by atoms with Gasteiger partial charge in [-0.25, -0.2) is 4.39 Å². The Balaban J connectivity index is 2.25. The van der Waals surface area contributed by atoms with Gasteiger partial charge in [0.05, 0.1) is 24.8 Å². The molecule has 1 amide bonds. The zero-order valence-electron chi connectivity index (χ0n) is 13.1. The number of benzene rings is 2. The van der Waals surface area contributed by atoms with Crippen molar-refractivity contribution in [1.29, 1.82) is 0 Å². The second kappa shape index (κ2) is 7.33. The molecule has 6 heteroatoms. The number of carbonyl (C=O) groups excluding carboxylic acids is 1. The molecule has 4 nitrogen and oxygen atoms in total. The second-order valence-electron chi connectivity index (χ2n) is 4.94. The Bertz CT molecular complexity index is 721. The number of halogens is 2. The van der Waals surface area contributed by atoms with E-state index in [1.807, 2.05) is 12.1 Å². The van der Waals surface area contributed by atoms with Gasteiger partial charge in [0.15, 0.2) is 11.5 Å². The maximum absolute atomic E-state index is 13.1. The number of carbonyl (C=O) groups is 1. The molecule has 0 bridgehead atoms. The van der Waals surface area contributed by atoms with Crippen molar-refractivity contribution in [2.45, 2.75) is 6.54 Å². The Morgan fingerprint density at radius 2 is 1.96 bits per heavy atom. The summed E-state index contributed by atoms with van der Waals surface area (Å²) in [4.78, 5) is 14.0. The van der Waals surface area contributed by atoms with Crippen LogP contribution in [0, 0.1) is 5.82 Å². The van der Waals surface area contributed by atoms with Gasteiger partial charge in [-0.2, -0.15) is 0 Å². The Labute approximate surface area is 139 Å². The van der Waals surface area contributed by atoms with Gasteiger partial charge in [0, 0.05) is 19.2 Å². The second-order valence-corrected chi connectivity index (χ2v) is 5.35. The third-order valence-electron chi connectivity index (χ3n) is 3.40. The van der Waals surface area contributed by atoms with Crippen molar-refractivity contribution in [3.8, 4) is 11.5 Å². The van der Waals surface area contributed by atoms with Crippen molar-refractivity contribution >= 4 is 17.5 Å². The van der Waals surface area contributed by atoms with Crippen LogP contribution in [0.5, 0.6) is 11.5 Å². The molecule has 0 N–H and O–H groups in total. The van der Waals surface area contributed by atoms with Crippen LogP contribution in [0.15, 0.2) is 36.4 Å². The number of para-hydroxylation sites is 1. The average molecular weight is 338 g/mol. The predicted molar refractivity (Wildman–Crippen MR) is 86.8 cm³/mol. The molecule has 23 heavy (non-hydrogen) atoms. The first-order chi connectivity index (χ1) is 11.0. The molecule has 0 aromatic heterocycles. The summed E-state index contributed by atoms with van der Waals surface area (Å²) in [6.45, 7) is 0.299. The molecule has 0 aliphatic carbocycles. The fraction of sp³-hybridized carbons (Fsp3) is 0.235. The predicted octanol–water partition coefficient (Wildman–Crippen LogP) is 3.77. The van der Waals surface area contributed by atoms with Crippen LogP contribution in [0.25, 0.3) is 0 Å². The van der Waals surface area contributed by atoms with E-state index in [4.69, 9.17) is 21.1 Å². The number of methoxy groups -OCH3 is 2. The van der Waals surface area contributed by atoms with Crippen LogP contribution in [0.2, 0.25) is 5.02 Å². The van der Waals surface area contributed by atoms with Gasteiger partial charge in [-0.3, -0.25) is 4.79 Å². The van der Waals surface area contributed by atoms with E-state index in [9.17, 15) is 9.18 Å². The Morgan fingerprint density at radius 3 is 2.57 bits per heavy atom. The van der Waals surface area contributed by atoms with Crippen molar-refractivity contribution in [2.75, 3.05) is 21.3 Å². The molecule has 0 saturated heterocycles. The van der Waals surface area contributed by atoms with E-state index in [0.717, 1.165) is 11.6 Å². The maximum atomic E-state index is 13.1. The minimum atomic E-state index is -0.483. The van der Waals surface area contributed by atoms with Gasteiger partial charge in [0.1, 0.15) is 5.82 Å². The van der Waals surface area contributed by atoms with Crippen LogP contribution in [0.3, 0.4) is 0 Å². The zero-order chi connectivity index (χ0) is 17.0. The van der Waals surface area contributed by atoms with Crippen molar-refractivity contribution in [1.82, 2.24) is 4.90 Å². The Morgan fingerprint density at radius 1 is 1.22 bits per heavy atom. The van der Waals surface area contributed by atoms with E-state index in [1.54, 1.807) is 27.3 Å². The van der Waals surface area contributed by atoms with Crippen LogP contribution in [-0.4, -0.2) is 32.1 Å². The van der Waals surface area contributed by atoms with Crippen molar-refractivity contribution in [2.24, 2.45) is 0 Å². The summed E-state index contributed by atoms with van der Waals surface area (Å²) in [5, 5.41) is 0.0828. The van der Waals surface area contributed by atoms with Crippen LogP contribution in [0.4, 0.5) is 4.39 Å². The fourth-order valence-corrected chi connectivity index (χ4v) is 2.52. The molecule has 2 rings (SSSR count). The average Bonchev–Trinajstić information content (AvgIpc) is 2.53. The number of amides is 1. The number of hydrogen-bond donors (Lipinski definition) is 0. The molecule has 2 aromatic carbocycles. The first kappa shape index (κ1) is 17.1. The highest BCUT2D eigenvalue weighted by Gasteiger charge is 2.18. The monoisotopic (exact) mass is 337 g/mol. The molecule has 0 fully saturated rings. The minimum Gasteiger partial charge on any atom is -0.493 e. The summed E-state index contributed by atoms with van der Waals surface area (Å²) in [5.41, 5.74) is 1.04. The zero-order valence-corrected chi connectivity index (χ0v) is 13.9. The largest absolute Gasteiger partial charge is 0.493 e. The first-order valence-corrected chi connectivity index (χ1v) is 7.26. The summed E-state index contributed by atoms with van der Waals surface area (Å²) in [5.74, 6) is 0.369. The summed E-state index contributed by atoms with van der Waals surface area (Å²) >= 11 is 5.95. The summed E-state index contributed by atoms with van der Waals surface area (Å²) in [6.07, 6.45) is 0. The topological polar surface area (TPSA) is 38.8 Å². The van der Waals surface area contributed by atoms with E-state index in [1.165, 1.54) is 17.0 Å². The number of rotatable bonds is 5. The molecule has 0 atom stereocenters. The van der Waals surface area contributed by atoms with Gasteiger partial charge < -0.3 is 14.4 Å². The third-order valence-corrected chi connectivity index (χ3v) is 3.71. The third kappa shape index (κ3) is 3.74. The molecule has 2 aromatic rings. The molecule has 0 spiro atoms. The minimum absolute atomic E-state index is 0.0828. The lowest BCUT2D eigenvalue weighted by molar-refractivity contribution is 0.0784. The van der Waals surface area contributed by atoms with Gasteiger partial charge in [-0.15, -0.1) is 0 Å². The Hall–Kier alpha value is -2.27. The summed E-state index contributed by atoms with van der Waals surface area (Å²) < 4.78 is 23.7. The highest BCUT2D eigenvalue weighted by Crippen LogP contribution is 2.31. The van der Waals surface area contributed by atoms with Gasteiger partial charge in [0.2, 0.25) is 0 Å². The lowest BCUT2D eigenvalue weighted by Gasteiger charge is -2.20. The molecule has 0 heterocycles.